The van der Waals surface area contributed by atoms with E-state index in [0.29, 0.717) is 22.7 Å². The lowest BCUT2D eigenvalue weighted by Gasteiger charge is -2.31. The van der Waals surface area contributed by atoms with Gasteiger partial charge in [-0.3, -0.25) is 14.7 Å². The standard InChI is InChI=1S/C24H20F4N4O3/c1-14-4-7-17(35-12-20-18(25)3-2-8-29-20)10-21(14)32-11-16-6-5-15(9-19(16)31-23(32)34)22(33)30-13-24(26,27)28/h2-10H,11-13H2,1H3,(H,30,33)(H,31,34). The maximum absolute atomic E-state index is 13.8. The Labute approximate surface area is 197 Å². The highest BCUT2D eigenvalue weighted by Gasteiger charge is 2.29. The van der Waals surface area contributed by atoms with Crippen molar-refractivity contribution in [1.82, 2.24) is 10.3 Å². The van der Waals surface area contributed by atoms with Crippen LogP contribution in [0.15, 0.2) is 54.7 Å². The molecule has 0 saturated heterocycles. The molecule has 182 valence electrons. The molecule has 35 heavy (non-hydrogen) atoms. The van der Waals surface area contributed by atoms with Gasteiger partial charge in [0.15, 0.2) is 0 Å². The molecule has 0 bridgehead atoms. The third-order valence-corrected chi connectivity index (χ3v) is 5.32. The van der Waals surface area contributed by atoms with E-state index in [2.05, 4.69) is 10.3 Å². The zero-order chi connectivity index (χ0) is 25.2. The molecule has 1 aliphatic rings. The quantitative estimate of drug-likeness (QED) is 0.481. The van der Waals surface area contributed by atoms with Crippen molar-refractivity contribution in [3.05, 3.63) is 82.9 Å². The normalized spacial score (nSPS) is 13.2. The average molecular weight is 488 g/mol. The van der Waals surface area contributed by atoms with Crippen LogP contribution in [0.25, 0.3) is 0 Å². The number of halogens is 4. The second-order valence-electron chi connectivity index (χ2n) is 7.85. The molecule has 0 atom stereocenters. The average Bonchev–Trinajstić information content (AvgIpc) is 2.82. The predicted molar refractivity (Wildman–Crippen MR) is 120 cm³/mol. The summed E-state index contributed by atoms with van der Waals surface area (Å²) >= 11 is 0. The maximum Gasteiger partial charge on any atom is 0.405 e. The maximum atomic E-state index is 13.8. The number of carbonyl (C=O) groups excluding carboxylic acids is 2. The minimum Gasteiger partial charge on any atom is -0.487 e. The number of fused-ring (bicyclic) bond motifs is 1. The Bertz CT molecular complexity index is 1280. The van der Waals surface area contributed by atoms with E-state index < -0.39 is 30.5 Å². The summed E-state index contributed by atoms with van der Waals surface area (Å²) in [4.78, 5) is 30.3. The zero-order valence-corrected chi connectivity index (χ0v) is 18.4. The van der Waals surface area contributed by atoms with E-state index in [9.17, 15) is 27.2 Å². The molecule has 2 aromatic carbocycles. The SMILES string of the molecule is Cc1ccc(OCc2ncccc2F)cc1N1Cc2ccc(C(=O)NCC(F)(F)F)cc2NC1=O. The van der Waals surface area contributed by atoms with Gasteiger partial charge in [0.25, 0.3) is 5.91 Å². The number of anilines is 2. The number of aromatic nitrogens is 1. The number of aryl methyl sites for hydroxylation is 1. The fourth-order valence-corrected chi connectivity index (χ4v) is 3.52. The number of alkyl halides is 3. The van der Waals surface area contributed by atoms with E-state index in [1.807, 2.05) is 6.92 Å². The van der Waals surface area contributed by atoms with Crippen molar-refractivity contribution in [2.75, 3.05) is 16.8 Å². The van der Waals surface area contributed by atoms with E-state index in [1.54, 1.807) is 29.6 Å². The van der Waals surface area contributed by atoms with Crippen molar-refractivity contribution in [1.29, 1.82) is 0 Å². The molecule has 0 fully saturated rings. The lowest BCUT2D eigenvalue weighted by Crippen LogP contribution is -2.39. The molecule has 1 aromatic heterocycles. The van der Waals surface area contributed by atoms with Crippen LogP contribution < -0.4 is 20.3 Å². The minimum absolute atomic E-state index is 0.00455. The molecular formula is C24H20F4N4O3. The lowest BCUT2D eigenvalue weighted by atomic mass is 10.0. The van der Waals surface area contributed by atoms with Gasteiger partial charge in [0.1, 0.15) is 30.4 Å². The van der Waals surface area contributed by atoms with Gasteiger partial charge in [0.2, 0.25) is 0 Å². The number of pyridine rings is 1. The summed E-state index contributed by atoms with van der Waals surface area (Å²) in [6.07, 6.45) is -3.07. The Morgan fingerprint density at radius 3 is 2.74 bits per heavy atom. The summed E-state index contributed by atoms with van der Waals surface area (Å²) in [5, 5.41) is 4.48. The van der Waals surface area contributed by atoms with Crippen LogP contribution >= 0.6 is 0 Å². The lowest BCUT2D eigenvalue weighted by molar-refractivity contribution is -0.123. The van der Waals surface area contributed by atoms with Crippen LogP contribution in [0, 0.1) is 12.7 Å². The molecular weight excluding hydrogens is 468 g/mol. The second-order valence-corrected chi connectivity index (χ2v) is 7.85. The van der Waals surface area contributed by atoms with Gasteiger partial charge in [-0.25, -0.2) is 9.18 Å². The Morgan fingerprint density at radius 1 is 1.20 bits per heavy atom. The van der Waals surface area contributed by atoms with Gasteiger partial charge in [0.05, 0.1) is 12.2 Å². The monoisotopic (exact) mass is 488 g/mol. The van der Waals surface area contributed by atoms with E-state index >= 15 is 0 Å². The zero-order valence-electron chi connectivity index (χ0n) is 18.4. The fourth-order valence-electron chi connectivity index (χ4n) is 3.52. The predicted octanol–water partition coefficient (Wildman–Crippen LogP) is 4.95. The minimum atomic E-state index is -4.53. The second kappa shape index (κ2) is 9.61. The summed E-state index contributed by atoms with van der Waals surface area (Å²) in [7, 11) is 0. The van der Waals surface area contributed by atoms with Crippen LogP contribution in [0.1, 0.15) is 27.2 Å². The van der Waals surface area contributed by atoms with Gasteiger partial charge >= 0.3 is 12.2 Å². The van der Waals surface area contributed by atoms with E-state index in [0.717, 1.165) is 5.56 Å². The third-order valence-electron chi connectivity index (χ3n) is 5.32. The fraction of sp³-hybridized carbons (Fsp3) is 0.208. The highest BCUT2D eigenvalue weighted by Crippen LogP contribution is 2.32. The van der Waals surface area contributed by atoms with Crippen molar-refractivity contribution in [2.45, 2.75) is 26.3 Å². The Morgan fingerprint density at radius 2 is 2.00 bits per heavy atom. The van der Waals surface area contributed by atoms with Crippen LogP contribution in [0.4, 0.5) is 33.7 Å². The molecule has 1 aliphatic heterocycles. The van der Waals surface area contributed by atoms with Crippen molar-refractivity contribution in [3.63, 3.8) is 0 Å². The molecule has 7 nitrogen and oxygen atoms in total. The number of carbonyl (C=O) groups is 2. The molecule has 0 radical (unpaired) electrons. The van der Waals surface area contributed by atoms with Crippen LogP contribution in [0.5, 0.6) is 5.75 Å². The summed E-state index contributed by atoms with van der Waals surface area (Å²) in [6.45, 7) is 0.427. The number of rotatable bonds is 6. The summed E-state index contributed by atoms with van der Waals surface area (Å²) in [6, 6.07) is 11.7. The van der Waals surface area contributed by atoms with Gasteiger partial charge in [-0.15, -0.1) is 0 Å². The number of nitrogens with one attached hydrogen (secondary N) is 2. The first kappa shape index (κ1) is 24.0. The first-order valence-electron chi connectivity index (χ1n) is 10.5. The number of benzene rings is 2. The van der Waals surface area contributed by atoms with E-state index in [4.69, 9.17) is 4.74 Å². The number of hydrogen-bond donors (Lipinski definition) is 2. The van der Waals surface area contributed by atoms with Gasteiger partial charge in [0, 0.05) is 23.5 Å². The van der Waals surface area contributed by atoms with Crippen molar-refractivity contribution < 1.29 is 31.9 Å². The number of hydrogen-bond acceptors (Lipinski definition) is 4. The number of urea groups is 1. The number of ether oxygens (including phenoxy) is 1. The third kappa shape index (κ3) is 5.68. The summed E-state index contributed by atoms with van der Waals surface area (Å²) in [5.74, 6) is -0.976. The van der Waals surface area contributed by atoms with Crippen LogP contribution in [-0.2, 0) is 13.2 Å². The van der Waals surface area contributed by atoms with Crippen LogP contribution in [0.3, 0.4) is 0 Å². The largest absolute Gasteiger partial charge is 0.487 e. The molecule has 2 heterocycles. The molecule has 3 aromatic rings. The van der Waals surface area contributed by atoms with Gasteiger partial charge in [-0.05, 0) is 48.4 Å². The highest BCUT2D eigenvalue weighted by molar-refractivity contribution is 6.06. The van der Waals surface area contributed by atoms with Gasteiger partial charge in [-0.1, -0.05) is 12.1 Å². The molecule has 0 saturated carbocycles. The first-order chi connectivity index (χ1) is 16.6. The number of amides is 3. The van der Waals surface area contributed by atoms with Crippen molar-refractivity contribution >= 4 is 23.3 Å². The van der Waals surface area contributed by atoms with Crippen LogP contribution in [-0.4, -0.2) is 29.6 Å². The Hall–Kier alpha value is -4.15. The van der Waals surface area contributed by atoms with Gasteiger partial charge < -0.3 is 15.4 Å². The molecule has 0 spiro atoms. The van der Waals surface area contributed by atoms with Crippen LogP contribution in [0.2, 0.25) is 0 Å². The molecule has 0 aliphatic carbocycles. The molecule has 3 amide bonds. The smallest absolute Gasteiger partial charge is 0.405 e. The number of nitrogens with zero attached hydrogens (tertiary/aromatic N) is 2. The topological polar surface area (TPSA) is 83.6 Å². The van der Waals surface area contributed by atoms with Crippen molar-refractivity contribution in [2.24, 2.45) is 0 Å². The molecule has 4 rings (SSSR count). The molecule has 0 unspecified atom stereocenters. The van der Waals surface area contributed by atoms with Gasteiger partial charge in [-0.2, -0.15) is 13.2 Å². The molecule has 11 heteroatoms. The first-order valence-corrected chi connectivity index (χ1v) is 10.5. The van der Waals surface area contributed by atoms with Crippen molar-refractivity contribution in [3.8, 4) is 5.75 Å². The highest BCUT2D eigenvalue weighted by atomic mass is 19.4. The summed E-state index contributed by atoms with van der Waals surface area (Å²) in [5.41, 5.74) is 2.48. The van der Waals surface area contributed by atoms with E-state index in [-0.39, 0.29) is 24.4 Å². The summed E-state index contributed by atoms with van der Waals surface area (Å²) < 4.78 is 56.6. The Balaban J connectivity index is 1.50. The Kier molecular flexibility index (Phi) is 6.59. The molecule has 2 N–H and O–H groups in total. The van der Waals surface area contributed by atoms with E-state index in [1.165, 1.54) is 35.4 Å².